The molecule has 0 bridgehead atoms. The third kappa shape index (κ3) is 5.06. The summed E-state index contributed by atoms with van der Waals surface area (Å²) in [7, 11) is 1.30. The summed E-state index contributed by atoms with van der Waals surface area (Å²) >= 11 is 3.00. The van der Waals surface area contributed by atoms with Gasteiger partial charge in [-0.3, -0.25) is 14.4 Å². The largest absolute Gasteiger partial charge is 0.493 e. The molecule has 1 aromatic carbocycles. The Bertz CT molecular complexity index is 1540. The maximum absolute atomic E-state index is 15.6. The highest BCUT2D eigenvalue weighted by atomic mass is 79.9. The van der Waals surface area contributed by atoms with Gasteiger partial charge < -0.3 is 19.7 Å². The lowest BCUT2D eigenvalue weighted by Crippen LogP contribution is -2.43. The number of carbonyl (C=O) groups is 1. The van der Waals surface area contributed by atoms with Gasteiger partial charge in [-0.1, -0.05) is 0 Å². The van der Waals surface area contributed by atoms with Gasteiger partial charge in [0.1, 0.15) is 24.1 Å². The molecule has 2 atom stereocenters. The highest BCUT2D eigenvalue weighted by Crippen LogP contribution is 2.43. The van der Waals surface area contributed by atoms with Crippen molar-refractivity contribution in [2.75, 3.05) is 38.3 Å². The minimum Gasteiger partial charge on any atom is -0.493 e. The number of nitrogens with zero attached hydrogens (tertiary/aromatic N) is 6. The van der Waals surface area contributed by atoms with Crippen molar-refractivity contribution in [3.8, 4) is 11.8 Å². The number of rotatable bonds is 7. The standard InChI is InChI=1S/C28H33BrF3N7O3/c1-15(2)33-26(40)18-10-17-13-37(7-5-9-39(17)36-18)25-19-23(21(31)20(29)22(32)24(19)41-3)34-27(35-25)42-14-28-6-4-8-38(28)12-16(30)11-28/h10,15-16H,4-9,11-14H2,1-3H3,(H,33,40)/t16-,28+/m1/s1. The first kappa shape index (κ1) is 29.0. The Kier molecular flexibility index (Phi) is 7.71. The van der Waals surface area contributed by atoms with Crippen molar-refractivity contribution in [2.24, 2.45) is 0 Å². The number of aromatic nitrogens is 4. The number of aryl methyl sites for hydroxylation is 1. The van der Waals surface area contributed by atoms with Crippen LogP contribution in [0, 0.1) is 11.6 Å². The predicted octanol–water partition coefficient (Wildman–Crippen LogP) is 4.38. The second kappa shape index (κ2) is 11.2. The zero-order chi connectivity index (χ0) is 29.8. The molecule has 0 aliphatic carbocycles. The number of ether oxygens (including phenoxy) is 2. The molecule has 0 spiro atoms. The van der Waals surface area contributed by atoms with Gasteiger partial charge in [0.25, 0.3) is 5.91 Å². The molecule has 0 unspecified atom stereocenters. The summed E-state index contributed by atoms with van der Waals surface area (Å²) in [5.41, 5.74) is 0.414. The normalized spacial score (nSPS) is 22.4. The molecule has 2 fully saturated rings. The molecule has 1 amide bonds. The fraction of sp³-hybridized carbons (Fsp3) is 0.571. The van der Waals surface area contributed by atoms with Gasteiger partial charge in [0.05, 0.1) is 34.7 Å². The molecule has 1 N–H and O–H groups in total. The lowest BCUT2D eigenvalue weighted by atomic mass is 9.95. The number of hydrogen-bond acceptors (Lipinski definition) is 8. The van der Waals surface area contributed by atoms with Gasteiger partial charge in [0, 0.05) is 32.1 Å². The smallest absolute Gasteiger partial charge is 0.319 e. The summed E-state index contributed by atoms with van der Waals surface area (Å²) in [5.74, 6) is -2.07. The zero-order valence-electron chi connectivity index (χ0n) is 23.7. The zero-order valence-corrected chi connectivity index (χ0v) is 25.3. The van der Waals surface area contributed by atoms with Crippen LogP contribution in [0.25, 0.3) is 10.9 Å². The molecule has 14 heteroatoms. The topological polar surface area (TPSA) is 97.6 Å². The Morgan fingerprint density at radius 1 is 1.21 bits per heavy atom. The molecular formula is C28H33BrF3N7O3. The maximum atomic E-state index is 15.6. The van der Waals surface area contributed by atoms with Crippen LogP contribution in [-0.2, 0) is 13.1 Å². The van der Waals surface area contributed by atoms with Gasteiger partial charge >= 0.3 is 6.01 Å². The fourth-order valence-corrected chi connectivity index (χ4v) is 6.80. The van der Waals surface area contributed by atoms with Crippen molar-refractivity contribution in [3.63, 3.8) is 0 Å². The van der Waals surface area contributed by atoms with Crippen LogP contribution in [0.4, 0.5) is 19.0 Å². The second-order valence-corrected chi connectivity index (χ2v) is 12.3. The van der Waals surface area contributed by atoms with Crippen LogP contribution in [0.5, 0.6) is 11.8 Å². The average Bonchev–Trinajstić information content (AvgIpc) is 3.58. The van der Waals surface area contributed by atoms with Gasteiger partial charge in [-0.05, 0) is 61.7 Å². The Morgan fingerprint density at radius 3 is 2.79 bits per heavy atom. The number of halogens is 4. The third-order valence-corrected chi connectivity index (χ3v) is 8.99. The van der Waals surface area contributed by atoms with Crippen LogP contribution in [0.2, 0.25) is 0 Å². The third-order valence-electron chi connectivity index (χ3n) is 8.29. The number of amides is 1. The molecule has 3 aliphatic rings. The molecule has 10 nitrogen and oxygen atoms in total. The van der Waals surface area contributed by atoms with Crippen LogP contribution in [0.1, 0.15) is 55.7 Å². The van der Waals surface area contributed by atoms with Gasteiger partial charge in [-0.2, -0.15) is 15.1 Å². The fourth-order valence-electron chi connectivity index (χ4n) is 6.43. The highest BCUT2D eigenvalue weighted by Gasteiger charge is 2.49. The molecule has 2 saturated heterocycles. The second-order valence-electron chi connectivity index (χ2n) is 11.5. The molecule has 0 radical (unpaired) electrons. The maximum Gasteiger partial charge on any atom is 0.319 e. The molecule has 0 saturated carbocycles. The number of methoxy groups -OCH3 is 1. The molecule has 42 heavy (non-hydrogen) atoms. The summed E-state index contributed by atoms with van der Waals surface area (Å²) in [4.78, 5) is 25.6. The summed E-state index contributed by atoms with van der Waals surface area (Å²) in [6.07, 6.45) is 1.78. The number of nitrogens with one attached hydrogen (secondary N) is 1. The van der Waals surface area contributed by atoms with Crippen LogP contribution >= 0.6 is 15.9 Å². The van der Waals surface area contributed by atoms with Crippen LogP contribution in [-0.4, -0.2) is 81.7 Å². The van der Waals surface area contributed by atoms with Gasteiger partial charge in [0.2, 0.25) is 0 Å². The lowest BCUT2D eigenvalue weighted by Gasteiger charge is -2.31. The molecule has 226 valence electrons. The van der Waals surface area contributed by atoms with E-state index in [2.05, 4.69) is 41.2 Å². The Balaban J connectivity index is 1.41. The van der Waals surface area contributed by atoms with Crippen molar-refractivity contribution < 1.29 is 27.4 Å². The molecule has 6 rings (SSSR count). The van der Waals surface area contributed by atoms with Crippen molar-refractivity contribution in [1.29, 1.82) is 0 Å². The number of carbonyl (C=O) groups excluding carboxylic acids is 1. The molecular weight excluding hydrogens is 619 g/mol. The SMILES string of the molecule is COc1c(F)c(Br)c(F)c2nc(OC[C@@]34CCCN3C[C@H](F)C4)nc(N3CCCn4nc(C(=O)NC(C)C)cc4C3)c12. The average molecular weight is 653 g/mol. The first-order valence-electron chi connectivity index (χ1n) is 14.2. The molecule has 5 heterocycles. The van der Waals surface area contributed by atoms with Crippen molar-refractivity contribution >= 4 is 38.6 Å². The van der Waals surface area contributed by atoms with E-state index >= 15 is 8.78 Å². The number of fused-ring (bicyclic) bond motifs is 3. The monoisotopic (exact) mass is 651 g/mol. The summed E-state index contributed by atoms with van der Waals surface area (Å²) < 4.78 is 58.1. The Labute approximate surface area is 249 Å². The van der Waals surface area contributed by atoms with E-state index in [1.54, 1.807) is 10.7 Å². The van der Waals surface area contributed by atoms with Crippen LogP contribution < -0.4 is 19.7 Å². The Hall–Kier alpha value is -3.13. The Morgan fingerprint density at radius 2 is 2.02 bits per heavy atom. The first-order chi connectivity index (χ1) is 20.1. The van der Waals surface area contributed by atoms with E-state index in [0.29, 0.717) is 38.2 Å². The minimum atomic E-state index is -0.933. The highest BCUT2D eigenvalue weighted by molar-refractivity contribution is 9.10. The van der Waals surface area contributed by atoms with Crippen LogP contribution in [0.15, 0.2) is 10.5 Å². The van der Waals surface area contributed by atoms with Gasteiger partial charge in [-0.15, -0.1) is 0 Å². The van der Waals surface area contributed by atoms with Crippen molar-refractivity contribution in [1.82, 2.24) is 30.0 Å². The van der Waals surface area contributed by atoms with Gasteiger partial charge in [0.15, 0.2) is 23.1 Å². The number of alkyl halides is 1. The molecule has 2 aromatic heterocycles. The number of anilines is 1. The number of hydrogen-bond donors (Lipinski definition) is 1. The van der Waals surface area contributed by atoms with Crippen molar-refractivity contribution in [3.05, 3.63) is 33.6 Å². The first-order valence-corrected chi connectivity index (χ1v) is 15.0. The summed E-state index contributed by atoms with van der Waals surface area (Å²) in [5, 5.41) is 7.41. The number of benzene rings is 1. The van der Waals surface area contributed by atoms with E-state index in [4.69, 9.17) is 9.47 Å². The van der Waals surface area contributed by atoms with E-state index in [9.17, 15) is 9.18 Å². The summed E-state index contributed by atoms with van der Waals surface area (Å²) in [6.45, 7) is 6.34. The molecule has 3 aromatic rings. The van der Waals surface area contributed by atoms with E-state index in [1.807, 2.05) is 18.7 Å². The van der Waals surface area contributed by atoms with E-state index in [-0.39, 0.29) is 53.6 Å². The van der Waals surface area contributed by atoms with E-state index in [0.717, 1.165) is 25.1 Å². The lowest BCUT2D eigenvalue weighted by molar-refractivity contribution is 0.0937. The predicted molar refractivity (Wildman–Crippen MR) is 153 cm³/mol. The van der Waals surface area contributed by atoms with E-state index < -0.39 is 27.8 Å². The summed E-state index contributed by atoms with van der Waals surface area (Å²) in [6, 6.07) is 1.58. The van der Waals surface area contributed by atoms with Crippen LogP contribution in [0.3, 0.4) is 0 Å². The van der Waals surface area contributed by atoms with Crippen molar-refractivity contribution in [2.45, 2.75) is 70.4 Å². The van der Waals surface area contributed by atoms with Gasteiger partial charge in [-0.25, -0.2) is 13.2 Å². The minimum absolute atomic E-state index is 0.0474. The molecule has 3 aliphatic heterocycles. The quantitative estimate of drug-likeness (QED) is 0.376. The van der Waals surface area contributed by atoms with E-state index in [1.165, 1.54) is 7.11 Å².